The van der Waals surface area contributed by atoms with Crippen LogP contribution >= 0.6 is 27.7 Å². The molecule has 2 amide bonds. The topological polar surface area (TPSA) is 82.1 Å². The molecule has 0 bridgehead atoms. The summed E-state index contributed by atoms with van der Waals surface area (Å²) in [7, 11) is 1.52. The Morgan fingerprint density at radius 3 is 2.59 bits per heavy atom. The van der Waals surface area contributed by atoms with E-state index in [4.69, 9.17) is 14.2 Å². The van der Waals surface area contributed by atoms with E-state index < -0.39 is 23.2 Å². The lowest BCUT2D eigenvalue weighted by atomic mass is 10.1. The van der Waals surface area contributed by atoms with Crippen molar-refractivity contribution in [2.24, 2.45) is 0 Å². The largest absolute Gasteiger partial charge is 0.493 e. The van der Waals surface area contributed by atoms with Crippen LogP contribution in [0.3, 0.4) is 0 Å². The van der Waals surface area contributed by atoms with Crippen molar-refractivity contribution < 1.29 is 28.6 Å². The highest BCUT2D eigenvalue weighted by atomic mass is 79.9. The summed E-state index contributed by atoms with van der Waals surface area (Å²) >= 11 is 4.27. The summed E-state index contributed by atoms with van der Waals surface area (Å²) in [5.74, 6) is -0.168. The number of hydrogen-bond acceptors (Lipinski definition) is 7. The summed E-state index contributed by atoms with van der Waals surface area (Å²) in [5, 5.41) is -0.518. The minimum absolute atomic E-state index is 0.168. The van der Waals surface area contributed by atoms with Gasteiger partial charge in [0.25, 0.3) is 11.1 Å². The predicted octanol–water partition coefficient (Wildman–Crippen LogP) is 5.02. The first-order valence-corrected chi connectivity index (χ1v) is 11.4. The zero-order valence-electron chi connectivity index (χ0n) is 17.8. The fourth-order valence-electron chi connectivity index (χ4n) is 3.03. The molecule has 0 aromatic heterocycles. The van der Waals surface area contributed by atoms with E-state index in [2.05, 4.69) is 15.9 Å². The second-order valence-electron chi connectivity index (χ2n) is 6.79. The van der Waals surface area contributed by atoms with E-state index in [1.54, 1.807) is 25.1 Å². The average Bonchev–Trinajstić information content (AvgIpc) is 3.05. The number of imide groups is 1. The van der Waals surface area contributed by atoms with Crippen molar-refractivity contribution in [1.29, 1.82) is 0 Å². The molecule has 0 aliphatic carbocycles. The van der Waals surface area contributed by atoms with Gasteiger partial charge in [-0.3, -0.25) is 14.5 Å². The Labute approximate surface area is 198 Å². The first kappa shape index (κ1) is 23.9. The molecule has 1 saturated heterocycles. The smallest absolute Gasteiger partial charge is 0.329 e. The lowest BCUT2D eigenvalue weighted by Gasteiger charge is -2.19. The van der Waals surface area contributed by atoms with Gasteiger partial charge in [0.15, 0.2) is 11.5 Å². The molecular formula is C23H22BrNO6S. The van der Waals surface area contributed by atoms with Crippen molar-refractivity contribution in [2.75, 3.05) is 13.7 Å². The van der Waals surface area contributed by atoms with Gasteiger partial charge in [-0.05, 0) is 70.9 Å². The molecule has 2 aromatic carbocycles. The molecular weight excluding hydrogens is 498 g/mol. The van der Waals surface area contributed by atoms with Gasteiger partial charge in [0.05, 0.1) is 23.1 Å². The SMILES string of the molecule is CCOC(=O)[C@@H](C)N1C(=O)S/C(=C/c2cc(Br)c(OCc3ccccc3)c(OC)c2)C1=O. The van der Waals surface area contributed by atoms with Gasteiger partial charge >= 0.3 is 5.97 Å². The fraction of sp³-hybridized carbons (Fsp3) is 0.261. The second-order valence-corrected chi connectivity index (χ2v) is 8.64. The van der Waals surface area contributed by atoms with Crippen LogP contribution in [0.1, 0.15) is 25.0 Å². The number of ether oxygens (including phenoxy) is 3. The van der Waals surface area contributed by atoms with Gasteiger partial charge in [-0.15, -0.1) is 0 Å². The van der Waals surface area contributed by atoms with Crippen LogP contribution < -0.4 is 9.47 Å². The number of carbonyl (C=O) groups excluding carboxylic acids is 3. The van der Waals surface area contributed by atoms with Crippen molar-refractivity contribution in [2.45, 2.75) is 26.5 Å². The van der Waals surface area contributed by atoms with E-state index in [-0.39, 0.29) is 11.5 Å². The maximum atomic E-state index is 12.8. The highest BCUT2D eigenvalue weighted by Crippen LogP contribution is 2.39. The summed E-state index contributed by atoms with van der Waals surface area (Å²) in [5.41, 5.74) is 1.64. The molecule has 9 heteroatoms. The Bertz CT molecular complexity index is 1060. The molecule has 0 unspecified atom stereocenters. The summed E-state index contributed by atoms with van der Waals surface area (Å²) < 4.78 is 17.0. The Morgan fingerprint density at radius 2 is 1.94 bits per heavy atom. The first-order chi connectivity index (χ1) is 15.3. The monoisotopic (exact) mass is 519 g/mol. The first-order valence-electron chi connectivity index (χ1n) is 9.83. The standard InChI is InChI=1S/C23H22BrNO6S/c1-4-30-22(27)14(2)25-21(26)19(32-23(25)28)12-16-10-17(24)20(18(11-16)29-3)31-13-15-8-6-5-7-9-15/h5-12,14H,4,13H2,1-3H3/b19-12+/t14-/m1/s1. The van der Waals surface area contributed by atoms with Gasteiger partial charge in [-0.1, -0.05) is 30.3 Å². The summed E-state index contributed by atoms with van der Waals surface area (Å²) in [6.45, 7) is 3.66. The number of rotatable bonds is 8. The maximum absolute atomic E-state index is 12.8. The predicted molar refractivity (Wildman–Crippen MR) is 125 cm³/mol. The van der Waals surface area contributed by atoms with Gasteiger partial charge in [0.1, 0.15) is 12.6 Å². The van der Waals surface area contributed by atoms with E-state index in [1.807, 2.05) is 30.3 Å². The highest BCUT2D eigenvalue weighted by Gasteiger charge is 2.41. The van der Waals surface area contributed by atoms with Crippen molar-refractivity contribution in [3.63, 3.8) is 0 Å². The van der Waals surface area contributed by atoms with Crippen LogP contribution in [0.4, 0.5) is 4.79 Å². The van der Waals surface area contributed by atoms with Gasteiger partial charge in [0, 0.05) is 0 Å². The van der Waals surface area contributed by atoms with Gasteiger partial charge in [-0.25, -0.2) is 4.79 Å². The van der Waals surface area contributed by atoms with E-state index >= 15 is 0 Å². The Balaban J connectivity index is 1.82. The number of thioether (sulfide) groups is 1. The zero-order chi connectivity index (χ0) is 23.3. The van der Waals surface area contributed by atoms with Crippen LogP contribution in [0, 0.1) is 0 Å². The van der Waals surface area contributed by atoms with E-state index in [0.29, 0.717) is 28.1 Å². The molecule has 2 aromatic rings. The molecule has 1 heterocycles. The number of carbonyl (C=O) groups is 3. The fourth-order valence-corrected chi connectivity index (χ4v) is 4.51. The molecule has 1 aliphatic heterocycles. The molecule has 1 atom stereocenters. The maximum Gasteiger partial charge on any atom is 0.329 e. The average molecular weight is 520 g/mol. The van der Waals surface area contributed by atoms with Gasteiger partial charge < -0.3 is 14.2 Å². The summed E-state index contributed by atoms with van der Waals surface area (Å²) in [4.78, 5) is 38.2. The van der Waals surface area contributed by atoms with E-state index in [9.17, 15) is 14.4 Å². The normalized spacial score (nSPS) is 15.8. The third-order valence-corrected chi connectivity index (χ3v) is 6.09. The molecule has 0 saturated carbocycles. The molecule has 3 rings (SSSR count). The molecule has 0 spiro atoms. The Kier molecular flexibility index (Phi) is 7.98. The Hall–Kier alpha value is -2.78. The minimum Gasteiger partial charge on any atom is -0.493 e. The van der Waals surface area contributed by atoms with Crippen molar-refractivity contribution >= 4 is 50.9 Å². The van der Waals surface area contributed by atoms with E-state index in [1.165, 1.54) is 14.0 Å². The lowest BCUT2D eigenvalue weighted by molar-refractivity contribution is -0.150. The molecule has 7 nitrogen and oxygen atoms in total. The third kappa shape index (κ3) is 5.34. The van der Waals surface area contributed by atoms with Gasteiger partial charge in [0.2, 0.25) is 0 Å². The number of amides is 2. The number of halogens is 1. The molecule has 0 radical (unpaired) electrons. The van der Waals surface area contributed by atoms with E-state index in [0.717, 1.165) is 22.2 Å². The molecule has 1 aliphatic rings. The van der Waals surface area contributed by atoms with Crippen LogP contribution in [0.25, 0.3) is 6.08 Å². The number of methoxy groups -OCH3 is 1. The number of benzene rings is 2. The molecule has 0 N–H and O–H groups in total. The van der Waals surface area contributed by atoms with Crippen molar-refractivity contribution in [3.8, 4) is 11.5 Å². The quantitative estimate of drug-likeness (QED) is 0.357. The summed E-state index contributed by atoms with van der Waals surface area (Å²) in [6.07, 6.45) is 1.58. The van der Waals surface area contributed by atoms with Crippen molar-refractivity contribution in [3.05, 3.63) is 63.0 Å². The van der Waals surface area contributed by atoms with Gasteiger partial charge in [-0.2, -0.15) is 0 Å². The van der Waals surface area contributed by atoms with Crippen LogP contribution in [0.15, 0.2) is 51.8 Å². The molecule has 168 valence electrons. The zero-order valence-corrected chi connectivity index (χ0v) is 20.2. The number of esters is 1. The molecule has 32 heavy (non-hydrogen) atoms. The Morgan fingerprint density at radius 1 is 1.22 bits per heavy atom. The number of hydrogen-bond donors (Lipinski definition) is 0. The van der Waals surface area contributed by atoms with Crippen LogP contribution in [-0.2, 0) is 20.9 Å². The van der Waals surface area contributed by atoms with Crippen LogP contribution in [0.5, 0.6) is 11.5 Å². The second kappa shape index (κ2) is 10.7. The number of nitrogens with zero attached hydrogens (tertiary/aromatic N) is 1. The summed E-state index contributed by atoms with van der Waals surface area (Å²) in [6, 6.07) is 12.2. The molecule has 1 fully saturated rings. The van der Waals surface area contributed by atoms with Crippen molar-refractivity contribution in [1.82, 2.24) is 4.90 Å². The third-order valence-electron chi connectivity index (χ3n) is 4.61. The highest BCUT2D eigenvalue weighted by molar-refractivity contribution is 9.10. The van der Waals surface area contributed by atoms with Crippen LogP contribution in [0.2, 0.25) is 0 Å². The lowest BCUT2D eigenvalue weighted by Crippen LogP contribution is -2.42. The van der Waals surface area contributed by atoms with Crippen LogP contribution in [-0.4, -0.2) is 41.8 Å². The minimum atomic E-state index is -0.997.